The lowest BCUT2D eigenvalue weighted by atomic mass is 9.94. The molecule has 0 N–H and O–H groups in total. The van der Waals surface area contributed by atoms with Gasteiger partial charge in [0.25, 0.3) is 0 Å². The van der Waals surface area contributed by atoms with Gasteiger partial charge < -0.3 is 4.90 Å². The molecule has 0 atom stereocenters. The van der Waals surface area contributed by atoms with Crippen LogP contribution < -0.4 is 0 Å². The van der Waals surface area contributed by atoms with Gasteiger partial charge in [0, 0.05) is 19.1 Å². The molecule has 18 heavy (non-hydrogen) atoms. The second kappa shape index (κ2) is 5.40. The summed E-state index contributed by atoms with van der Waals surface area (Å²) in [6.07, 6.45) is 2.02. The zero-order valence-corrected chi connectivity index (χ0v) is 12.0. The molecule has 1 aromatic carbocycles. The van der Waals surface area contributed by atoms with Crippen LogP contribution in [0, 0.1) is 5.82 Å². The molecule has 1 aliphatic heterocycles. The molecule has 1 heterocycles. The summed E-state index contributed by atoms with van der Waals surface area (Å²) >= 11 is 0. The number of rotatable bonds is 2. The Balaban J connectivity index is 2.28. The Bertz CT molecular complexity index is 423. The van der Waals surface area contributed by atoms with Crippen molar-refractivity contribution in [2.24, 2.45) is 0 Å². The summed E-state index contributed by atoms with van der Waals surface area (Å²) in [6.45, 7) is 10.7. The van der Waals surface area contributed by atoms with Crippen molar-refractivity contribution >= 4 is 0 Å². The molecule has 0 aliphatic carbocycles. The second-order valence-electron chi connectivity index (χ2n) is 5.93. The van der Waals surface area contributed by atoms with Crippen molar-refractivity contribution in [1.82, 2.24) is 4.90 Å². The van der Waals surface area contributed by atoms with Crippen molar-refractivity contribution in [3.8, 4) is 0 Å². The fraction of sp³-hybridized carbons (Fsp3) is 0.625. The standard InChI is InChI=1S/C16H24FN/c1-11(2)15-9-13-5-7-18(12(3)4)8-6-14(13)10-16(15)17/h9-12H,5-8H2,1-4H3. The summed E-state index contributed by atoms with van der Waals surface area (Å²) in [5.74, 6) is 0.238. The average molecular weight is 249 g/mol. The Kier molecular flexibility index (Phi) is 4.06. The van der Waals surface area contributed by atoms with Gasteiger partial charge in [-0.05, 0) is 55.4 Å². The number of halogens is 1. The highest BCUT2D eigenvalue weighted by molar-refractivity contribution is 5.36. The van der Waals surface area contributed by atoms with Crippen molar-refractivity contribution in [3.05, 3.63) is 34.6 Å². The highest BCUT2D eigenvalue weighted by Crippen LogP contribution is 2.25. The predicted octanol–water partition coefficient (Wildman–Crippen LogP) is 3.76. The first-order valence-electron chi connectivity index (χ1n) is 7.04. The molecular weight excluding hydrogens is 225 g/mol. The molecule has 0 saturated heterocycles. The number of nitrogens with zero attached hydrogens (tertiary/aromatic N) is 1. The molecule has 1 aliphatic rings. The zero-order valence-electron chi connectivity index (χ0n) is 12.0. The summed E-state index contributed by atoms with van der Waals surface area (Å²) in [7, 11) is 0. The van der Waals surface area contributed by atoms with Crippen LogP contribution in [0.5, 0.6) is 0 Å². The van der Waals surface area contributed by atoms with Gasteiger partial charge in [0.05, 0.1) is 0 Å². The van der Waals surface area contributed by atoms with Crippen LogP contribution in [-0.4, -0.2) is 24.0 Å². The third-order valence-corrected chi connectivity index (χ3v) is 4.01. The molecule has 0 unspecified atom stereocenters. The van der Waals surface area contributed by atoms with Crippen LogP contribution in [-0.2, 0) is 12.8 Å². The maximum Gasteiger partial charge on any atom is 0.126 e. The molecule has 0 spiro atoms. The summed E-state index contributed by atoms with van der Waals surface area (Å²) in [5, 5.41) is 0. The molecular formula is C16H24FN. The van der Waals surface area contributed by atoms with E-state index in [0.717, 1.165) is 31.5 Å². The van der Waals surface area contributed by atoms with Gasteiger partial charge in [-0.15, -0.1) is 0 Å². The van der Waals surface area contributed by atoms with Crippen molar-refractivity contribution in [3.63, 3.8) is 0 Å². The maximum absolute atomic E-state index is 14.0. The topological polar surface area (TPSA) is 3.24 Å². The van der Waals surface area contributed by atoms with Crippen LogP contribution in [0.1, 0.15) is 50.3 Å². The van der Waals surface area contributed by atoms with E-state index in [0.29, 0.717) is 6.04 Å². The number of hydrogen-bond acceptors (Lipinski definition) is 1. The number of fused-ring (bicyclic) bond motifs is 1. The van der Waals surface area contributed by atoms with Crippen LogP contribution in [0.2, 0.25) is 0 Å². The third kappa shape index (κ3) is 2.74. The predicted molar refractivity (Wildman–Crippen MR) is 74.6 cm³/mol. The molecule has 0 saturated carbocycles. The molecule has 0 amide bonds. The third-order valence-electron chi connectivity index (χ3n) is 4.01. The van der Waals surface area contributed by atoms with Crippen molar-refractivity contribution in [1.29, 1.82) is 0 Å². The van der Waals surface area contributed by atoms with Gasteiger partial charge in [-0.25, -0.2) is 4.39 Å². The zero-order chi connectivity index (χ0) is 13.3. The molecule has 0 bridgehead atoms. The summed E-state index contributed by atoms with van der Waals surface area (Å²) in [6, 6.07) is 4.45. The van der Waals surface area contributed by atoms with Crippen molar-refractivity contribution in [2.45, 2.75) is 52.5 Å². The summed E-state index contributed by atoms with van der Waals surface area (Å²) in [5.41, 5.74) is 3.43. The van der Waals surface area contributed by atoms with Gasteiger partial charge in [0.15, 0.2) is 0 Å². The molecule has 0 fully saturated rings. The van der Waals surface area contributed by atoms with E-state index in [4.69, 9.17) is 0 Å². The fourth-order valence-corrected chi connectivity index (χ4v) is 2.74. The van der Waals surface area contributed by atoms with Gasteiger partial charge in [-0.2, -0.15) is 0 Å². The minimum atomic E-state index is -0.0262. The molecule has 100 valence electrons. The average Bonchev–Trinajstić information content (AvgIpc) is 2.49. The Morgan fingerprint density at radius 1 is 1.00 bits per heavy atom. The van der Waals surface area contributed by atoms with Crippen LogP contribution in [0.3, 0.4) is 0 Å². The van der Waals surface area contributed by atoms with Gasteiger partial charge in [-0.3, -0.25) is 0 Å². The van der Waals surface area contributed by atoms with E-state index in [9.17, 15) is 4.39 Å². The van der Waals surface area contributed by atoms with E-state index >= 15 is 0 Å². The second-order valence-corrected chi connectivity index (χ2v) is 5.93. The quantitative estimate of drug-likeness (QED) is 0.771. The maximum atomic E-state index is 14.0. The van der Waals surface area contributed by atoms with E-state index < -0.39 is 0 Å². The highest BCUT2D eigenvalue weighted by atomic mass is 19.1. The van der Waals surface area contributed by atoms with Crippen LogP contribution in [0.4, 0.5) is 4.39 Å². The molecule has 1 aromatic rings. The van der Waals surface area contributed by atoms with Crippen LogP contribution >= 0.6 is 0 Å². The highest BCUT2D eigenvalue weighted by Gasteiger charge is 2.18. The lowest BCUT2D eigenvalue weighted by Crippen LogP contribution is -2.32. The van der Waals surface area contributed by atoms with Gasteiger partial charge in [0.2, 0.25) is 0 Å². The van der Waals surface area contributed by atoms with Crippen molar-refractivity contribution in [2.75, 3.05) is 13.1 Å². The van der Waals surface area contributed by atoms with E-state index in [2.05, 4.69) is 38.7 Å². The Labute approximate surface area is 110 Å². The Morgan fingerprint density at radius 3 is 2.06 bits per heavy atom. The largest absolute Gasteiger partial charge is 0.300 e. The summed E-state index contributed by atoms with van der Waals surface area (Å²) < 4.78 is 14.0. The molecule has 2 heteroatoms. The summed E-state index contributed by atoms with van der Waals surface area (Å²) in [4.78, 5) is 2.48. The molecule has 1 nitrogen and oxygen atoms in total. The monoisotopic (exact) mass is 249 g/mol. The number of hydrogen-bond donors (Lipinski definition) is 0. The lowest BCUT2D eigenvalue weighted by Gasteiger charge is -2.23. The van der Waals surface area contributed by atoms with E-state index in [-0.39, 0.29) is 11.7 Å². The Morgan fingerprint density at radius 2 is 1.56 bits per heavy atom. The van der Waals surface area contributed by atoms with Crippen LogP contribution in [0.25, 0.3) is 0 Å². The smallest absolute Gasteiger partial charge is 0.126 e. The Hall–Kier alpha value is -0.890. The lowest BCUT2D eigenvalue weighted by molar-refractivity contribution is 0.233. The SMILES string of the molecule is CC(C)c1cc2c(cc1F)CCN(C(C)C)CC2. The molecule has 0 radical (unpaired) electrons. The molecule has 2 rings (SSSR count). The van der Waals surface area contributed by atoms with Gasteiger partial charge >= 0.3 is 0 Å². The van der Waals surface area contributed by atoms with Gasteiger partial charge in [-0.1, -0.05) is 19.9 Å². The first-order valence-corrected chi connectivity index (χ1v) is 7.04. The van der Waals surface area contributed by atoms with Gasteiger partial charge in [0.1, 0.15) is 5.82 Å². The first-order chi connectivity index (χ1) is 8.49. The van der Waals surface area contributed by atoms with Crippen molar-refractivity contribution < 1.29 is 4.39 Å². The minimum Gasteiger partial charge on any atom is -0.300 e. The molecule has 0 aromatic heterocycles. The minimum absolute atomic E-state index is 0.0262. The fourth-order valence-electron chi connectivity index (χ4n) is 2.74. The van der Waals surface area contributed by atoms with E-state index in [1.165, 1.54) is 11.1 Å². The van der Waals surface area contributed by atoms with E-state index in [1.54, 1.807) is 6.07 Å². The normalized spacial score (nSPS) is 17.1. The van der Waals surface area contributed by atoms with E-state index in [1.807, 2.05) is 0 Å². The first kappa shape index (κ1) is 13.5. The number of benzene rings is 1. The van der Waals surface area contributed by atoms with Crippen LogP contribution in [0.15, 0.2) is 12.1 Å².